The van der Waals surface area contributed by atoms with Crippen molar-refractivity contribution in [2.45, 2.75) is 62.6 Å². The Morgan fingerprint density at radius 1 is 0.911 bits per heavy atom. The lowest BCUT2D eigenvalue weighted by atomic mass is 9.95. The molecule has 4 rings (SSSR count). The van der Waals surface area contributed by atoms with E-state index in [9.17, 15) is 18.0 Å². The van der Waals surface area contributed by atoms with Gasteiger partial charge in [-0.25, -0.2) is 8.42 Å². The average Bonchev–Trinajstić information content (AvgIpc) is 3.06. The summed E-state index contributed by atoms with van der Waals surface area (Å²) >= 11 is 6.12. The number of amides is 2. The van der Waals surface area contributed by atoms with Gasteiger partial charge in [0.15, 0.2) is 11.5 Å². The third-order valence-corrected chi connectivity index (χ3v) is 9.96. The lowest BCUT2D eigenvalue weighted by molar-refractivity contribution is -0.139. The van der Waals surface area contributed by atoms with Crippen molar-refractivity contribution in [2.24, 2.45) is 0 Å². The van der Waals surface area contributed by atoms with Gasteiger partial charge < -0.3 is 24.4 Å². The lowest BCUT2D eigenvalue weighted by Crippen LogP contribution is -2.53. The van der Waals surface area contributed by atoms with Crippen LogP contribution < -0.4 is 23.8 Å². The Labute approximate surface area is 270 Å². The molecule has 3 aromatic carbocycles. The van der Waals surface area contributed by atoms with E-state index in [1.165, 1.54) is 49.5 Å². The molecule has 0 bridgehead atoms. The highest BCUT2D eigenvalue weighted by Crippen LogP contribution is 2.33. The maximum atomic E-state index is 14.2. The van der Waals surface area contributed by atoms with Crippen LogP contribution in [0.15, 0.2) is 71.6 Å². The number of halogens is 1. The van der Waals surface area contributed by atoms with E-state index in [1.807, 2.05) is 6.07 Å². The highest BCUT2D eigenvalue weighted by Gasteiger charge is 2.33. The molecule has 3 aromatic rings. The van der Waals surface area contributed by atoms with Gasteiger partial charge in [-0.05, 0) is 73.9 Å². The molecule has 1 N–H and O–H groups in total. The van der Waals surface area contributed by atoms with Gasteiger partial charge in [-0.15, -0.1) is 0 Å². The lowest BCUT2D eigenvalue weighted by Gasteiger charge is -2.33. The number of nitrogens with zero attached hydrogens (tertiary/aromatic N) is 2. The van der Waals surface area contributed by atoms with Gasteiger partial charge in [0.1, 0.15) is 18.3 Å². The predicted molar refractivity (Wildman–Crippen MR) is 174 cm³/mol. The van der Waals surface area contributed by atoms with Crippen LogP contribution in [0.1, 0.15) is 44.6 Å². The normalized spacial score (nSPS) is 14.2. The van der Waals surface area contributed by atoms with Gasteiger partial charge in [-0.3, -0.25) is 13.9 Å². The number of hydrogen-bond donors (Lipinski definition) is 1. The number of methoxy groups -OCH3 is 3. The molecule has 0 unspecified atom stereocenters. The summed E-state index contributed by atoms with van der Waals surface area (Å²) in [5.41, 5.74) is 0.948. The number of carbonyl (C=O) groups excluding carboxylic acids is 2. The second kappa shape index (κ2) is 15.4. The van der Waals surface area contributed by atoms with Crippen LogP contribution in [-0.4, -0.2) is 65.1 Å². The maximum absolute atomic E-state index is 14.2. The molecule has 1 aliphatic carbocycles. The molecule has 45 heavy (non-hydrogen) atoms. The zero-order chi connectivity index (χ0) is 32.6. The predicted octanol–water partition coefficient (Wildman–Crippen LogP) is 5.43. The first-order valence-corrected chi connectivity index (χ1v) is 16.6. The van der Waals surface area contributed by atoms with E-state index in [0.717, 1.165) is 42.0 Å². The van der Waals surface area contributed by atoms with Crippen molar-refractivity contribution >= 4 is 39.1 Å². The van der Waals surface area contributed by atoms with Crippen LogP contribution in [-0.2, 0) is 26.2 Å². The monoisotopic (exact) mass is 657 g/mol. The van der Waals surface area contributed by atoms with Crippen LogP contribution in [0, 0.1) is 0 Å². The van der Waals surface area contributed by atoms with E-state index in [4.69, 9.17) is 25.8 Å². The maximum Gasteiger partial charge on any atom is 0.264 e. The fourth-order valence-corrected chi connectivity index (χ4v) is 6.92. The molecular weight excluding hydrogens is 618 g/mol. The molecule has 1 atom stereocenters. The topological polar surface area (TPSA) is 114 Å². The Balaban J connectivity index is 1.71. The fourth-order valence-electron chi connectivity index (χ4n) is 5.36. The zero-order valence-corrected chi connectivity index (χ0v) is 27.6. The Kier molecular flexibility index (Phi) is 11.6. The summed E-state index contributed by atoms with van der Waals surface area (Å²) in [5.74, 6) is 0.307. The molecule has 1 aliphatic rings. The van der Waals surface area contributed by atoms with Crippen LogP contribution in [0.3, 0.4) is 0 Å². The highest BCUT2D eigenvalue weighted by molar-refractivity contribution is 7.92. The van der Waals surface area contributed by atoms with Gasteiger partial charge in [-0.1, -0.05) is 43.0 Å². The average molecular weight is 658 g/mol. The molecule has 2 amide bonds. The standard InChI is InChI=1S/C33H40ClN3O7S/c1-23(33(39)35-26-10-6-5-7-11-26)36(21-24-9-8-12-28(19-24)42-2)32(38)22-37(27-15-13-25(34)14-16-27)45(40,41)29-17-18-30(43-3)31(20-29)44-4/h8-9,12-20,23,26H,5-7,10-11,21-22H2,1-4H3,(H,35,39)/t23-/m0/s1. The van der Waals surface area contributed by atoms with E-state index >= 15 is 0 Å². The second-order valence-corrected chi connectivity index (χ2v) is 13.2. The van der Waals surface area contributed by atoms with E-state index < -0.39 is 28.5 Å². The number of rotatable bonds is 13. The van der Waals surface area contributed by atoms with E-state index in [1.54, 1.807) is 44.4 Å². The van der Waals surface area contributed by atoms with E-state index in [-0.39, 0.29) is 34.8 Å². The minimum atomic E-state index is -4.32. The number of sulfonamides is 1. The van der Waals surface area contributed by atoms with Crippen LogP contribution in [0.2, 0.25) is 5.02 Å². The number of ether oxygens (including phenoxy) is 3. The van der Waals surface area contributed by atoms with Crippen LogP contribution in [0.4, 0.5) is 5.69 Å². The summed E-state index contributed by atoms with van der Waals surface area (Å²) in [6.07, 6.45) is 4.98. The van der Waals surface area contributed by atoms with Crippen molar-refractivity contribution < 1.29 is 32.2 Å². The van der Waals surface area contributed by atoms with Crippen molar-refractivity contribution in [3.8, 4) is 17.2 Å². The summed E-state index contributed by atoms with van der Waals surface area (Å²) in [7, 11) is 0.0875. The van der Waals surface area contributed by atoms with Crippen LogP contribution >= 0.6 is 11.6 Å². The van der Waals surface area contributed by atoms with Gasteiger partial charge >= 0.3 is 0 Å². The zero-order valence-electron chi connectivity index (χ0n) is 26.0. The molecule has 0 aromatic heterocycles. The molecule has 242 valence electrons. The molecule has 0 saturated heterocycles. The Morgan fingerprint density at radius 3 is 2.24 bits per heavy atom. The van der Waals surface area contributed by atoms with Gasteiger partial charge in [0.05, 0.1) is 31.9 Å². The molecule has 0 radical (unpaired) electrons. The van der Waals surface area contributed by atoms with Gasteiger partial charge in [-0.2, -0.15) is 0 Å². The quantitative estimate of drug-likeness (QED) is 0.261. The molecule has 0 heterocycles. The second-order valence-electron chi connectivity index (χ2n) is 10.9. The number of nitrogens with one attached hydrogen (secondary N) is 1. The van der Waals surface area contributed by atoms with Crippen molar-refractivity contribution in [3.63, 3.8) is 0 Å². The summed E-state index contributed by atoms with van der Waals surface area (Å²) in [6, 6.07) is 16.7. The third-order valence-electron chi connectivity index (χ3n) is 7.94. The van der Waals surface area contributed by atoms with Crippen molar-refractivity contribution in [1.82, 2.24) is 10.2 Å². The summed E-state index contributed by atoms with van der Waals surface area (Å²) < 4.78 is 45.4. The third kappa shape index (κ3) is 8.40. The Bertz CT molecular complexity index is 1580. The summed E-state index contributed by atoms with van der Waals surface area (Å²) in [6.45, 7) is 1.13. The molecule has 1 saturated carbocycles. The largest absolute Gasteiger partial charge is 0.497 e. The fraction of sp³-hybridized carbons (Fsp3) is 0.394. The van der Waals surface area contributed by atoms with Crippen LogP contribution in [0.5, 0.6) is 17.2 Å². The Morgan fingerprint density at radius 2 is 1.60 bits per heavy atom. The van der Waals surface area contributed by atoms with Crippen molar-refractivity contribution in [3.05, 3.63) is 77.3 Å². The highest BCUT2D eigenvalue weighted by atomic mass is 35.5. The molecule has 0 aliphatic heterocycles. The summed E-state index contributed by atoms with van der Waals surface area (Å²) in [5, 5.41) is 3.51. The number of anilines is 1. The summed E-state index contributed by atoms with van der Waals surface area (Å²) in [4.78, 5) is 29.0. The Hall–Kier alpha value is -3.96. The van der Waals surface area contributed by atoms with E-state index in [0.29, 0.717) is 16.5 Å². The smallest absolute Gasteiger partial charge is 0.264 e. The molecule has 10 nitrogen and oxygen atoms in total. The van der Waals surface area contributed by atoms with Gasteiger partial charge in [0.2, 0.25) is 11.8 Å². The number of carbonyl (C=O) groups is 2. The van der Waals surface area contributed by atoms with Gasteiger partial charge in [0.25, 0.3) is 10.0 Å². The SMILES string of the molecule is COc1cccc(CN(C(=O)CN(c2ccc(Cl)cc2)S(=O)(=O)c2ccc(OC)c(OC)c2)[C@@H](C)C(=O)NC2CCCCC2)c1. The number of hydrogen-bond acceptors (Lipinski definition) is 7. The van der Waals surface area contributed by atoms with E-state index in [2.05, 4.69) is 5.32 Å². The molecule has 12 heteroatoms. The first-order valence-electron chi connectivity index (χ1n) is 14.8. The molecule has 0 spiro atoms. The minimum Gasteiger partial charge on any atom is -0.497 e. The number of benzene rings is 3. The van der Waals surface area contributed by atoms with Crippen molar-refractivity contribution in [2.75, 3.05) is 32.2 Å². The van der Waals surface area contributed by atoms with Crippen LogP contribution in [0.25, 0.3) is 0 Å². The molecule has 1 fully saturated rings. The first kappa shape index (κ1) is 33.9. The van der Waals surface area contributed by atoms with Gasteiger partial charge in [0, 0.05) is 23.7 Å². The van der Waals surface area contributed by atoms with Crippen molar-refractivity contribution in [1.29, 1.82) is 0 Å². The molecular formula is C33H40ClN3O7S. The minimum absolute atomic E-state index is 0.0402. The first-order chi connectivity index (χ1) is 21.6.